The van der Waals surface area contributed by atoms with Crippen LogP contribution in [0.15, 0.2) is 30.3 Å². The fourth-order valence-electron chi connectivity index (χ4n) is 2.15. The summed E-state index contributed by atoms with van der Waals surface area (Å²) >= 11 is 0. The molecule has 0 radical (unpaired) electrons. The van der Waals surface area contributed by atoms with E-state index >= 15 is 0 Å². The van der Waals surface area contributed by atoms with Crippen LogP contribution in [0.25, 0.3) is 0 Å². The molecule has 4 nitrogen and oxygen atoms in total. The van der Waals surface area contributed by atoms with E-state index in [0.717, 1.165) is 5.56 Å². The lowest BCUT2D eigenvalue weighted by Gasteiger charge is -2.39. The van der Waals surface area contributed by atoms with Crippen LogP contribution in [0.5, 0.6) is 0 Å². The lowest BCUT2D eigenvalue weighted by atomic mass is 10.1. The Balaban J connectivity index is 2.12. The second kappa shape index (κ2) is 5.40. The minimum absolute atomic E-state index is 0.0219. The smallest absolute Gasteiger partial charge is 0.319 e. The number of amides is 2. The topological polar surface area (TPSA) is 32.8 Å². The second-order valence-electron chi connectivity index (χ2n) is 4.91. The Kier molecular flexibility index (Phi) is 3.87. The van der Waals surface area contributed by atoms with E-state index in [9.17, 15) is 4.79 Å². The molecule has 18 heavy (non-hydrogen) atoms. The fourth-order valence-corrected chi connectivity index (χ4v) is 2.15. The van der Waals surface area contributed by atoms with Gasteiger partial charge in [0.1, 0.15) is 6.10 Å². The van der Waals surface area contributed by atoms with Gasteiger partial charge >= 0.3 is 6.03 Å². The first-order valence-corrected chi connectivity index (χ1v) is 6.24. The van der Waals surface area contributed by atoms with Gasteiger partial charge in [0.25, 0.3) is 0 Å². The van der Waals surface area contributed by atoms with Crippen molar-refractivity contribution in [2.75, 3.05) is 27.2 Å². The van der Waals surface area contributed by atoms with Crippen molar-refractivity contribution in [3.05, 3.63) is 35.9 Å². The van der Waals surface area contributed by atoms with Crippen molar-refractivity contribution in [1.82, 2.24) is 9.80 Å². The maximum absolute atomic E-state index is 12.1. The molecule has 2 unspecified atom stereocenters. The molecule has 1 aromatic rings. The van der Waals surface area contributed by atoms with Crippen molar-refractivity contribution in [2.45, 2.75) is 19.1 Å². The van der Waals surface area contributed by atoms with Gasteiger partial charge in [-0.1, -0.05) is 30.3 Å². The first kappa shape index (κ1) is 12.9. The molecule has 1 fully saturated rings. The lowest BCUT2D eigenvalue weighted by Crippen LogP contribution is -2.51. The van der Waals surface area contributed by atoms with Gasteiger partial charge in [-0.2, -0.15) is 0 Å². The number of rotatable bonds is 1. The van der Waals surface area contributed by atoms with Crippen molar-refractivity contribution in [2.24, 2.45) is 0 Å². The molecular formula is C14H20N2O2. The van der Waals surface area contributed by atoms with Crippen LogP contribution in [0, 0.1) is 0 Å². The summed E-state index contributed by atoms with van der Waals surface area (Å²) in [7, 11) is 3.56. The average molecular weight is 248 g/mol. The van der Waals surface area contributed by atoms with Crippen LogP contribution in [0.1, 0.15) is 18.6 Å². The average Bonchev–Trinajstić information content (AvgIpc) is 2.39. The summed E-state index contributed by atoms with van der Waals surface area (Å²) < 4.78 is 5.82. The third kappa shape index (κ3) is 2.64. The summed E-state index contributed by atoms with van der Waals surface area (Å²) in [5.74, 6) is 0. The molecule has 1 aliphatic rings. The molecule has 1 aliphatic heterocycles. The molecule has 0 aromatic heterocycles. The maximum atomic E-state index is 12.1. The molecule has 2 rings (SSSR count). The summed E-state index contributed by atoms with van der Waals surface area (Å²) in [4.78, 5) is 15.6. The Morgan fingerprint density at radius 2 is 2.00 bits per heavy atom. The van der Waals surface area contributed by atoms with Crippen molar-refractivity contribution >= 4 is 6.03 Å². The number of nitrogens with zero attached hydrogens (tertiary/aromatic N) is 2. The first-order valence-electron chi connectivity index (χ1n) is 6.24. The Morgan fingerprint density at radius 3 is 2.61 bits per heavy atom. The number of benzene rings is 1. The van der Waals surface area contributed by atoms with E-state index in [1.807, 2.05) is 42.2 Å². The van der Waals surface area contributed by atoms with Gasteiger partial charge in [0.2, 0.25) is 0 Å². The molecule has 4 heteroatoms. The van der Waals surface area contributed by atoms with Gasteiger partial charge in [-0.25, -0.2) is 4.79 Å². The van der Waals surface area contributed by atoms with Gasteiger partial charge in [0, 0.05) is 14.1 Å². The predicted octanol–water partition coefficient (Wildman–Crippen LogP) is 2.13. The molecule has 1 saturated heterocycles. The maximum Gasteiger partial charge on any atom is 0.319 e. The highest BCUT2D eigenvalue weighted by Crippen LogP contribution is 2.25. The van der Waals surface area contributed by atoms with Crippen LogP contribution in [-0.2, 0) is 4.74 Å². The highest BCUT2D eigenvalue weighted by molar-refractivity contribution is 5.74. The first-order chi connectivity index (χ1) is 8.59. The molecule has 98 valence electrons. The van der Waals surface area contributed by atoms with E-state index < -0.39 is 0 Å². The molecule has 0 N–H and O–H groups in total. The van der Waals surface area contributed by atoms with Crippen molar-refractivity contribution < 1.29 is 9.53 Å². The third-order valence-electron chi connectivity index (χ3n) is 3.23. The molecule has 0 saturated carbocycles. The Morgan fingerprint density at radius 1 is 1.33 bits per heavy atom. The van der Waals surface area contributed by atoms with Gasteiger partial charge in [0.15, 0.2) is 0 Å². The standard InChI is InChI=1S/C14H20N2O2/c1-11-10-18-13(12-7-5-4-6-8-12)9-16(11)14(17)15(2)3/h4-8,11,13H,9-10H2,1-3H3. The second-order valence-corrected chi connectivity index (χ2v) is 4.91. The monoisotopic (exact) mass is 248 g/mol. The van der Waals surface area contributed by atoms with Crippen molar-refractivity contribution in [3.63, 3.8) is 0 Å². The van der Waals surface area contributed by atoms with Crippen LogP contribution in [-0.4, -0.2) is 49.1 Å². The summed E-state index contributed by atoms with van der Waals surface area (Å²) in [5.41, 5.74) is 1.13. The molecule has 2 amide bonds. The normalized spacial score (nSPS) is 23.8. The number of hydrogen-bond acceptors (Lipinski definition) is 2. The minimum Gasteiger partial charge on any atom is -0.370 e. The van der Waals surface area contributed by atoms with Crippen LogP contribution >= 0.6 is 0 Å². The quantitative estimate of drug-likeness (QED) is 0.762. The number of carbonyl (C=O) groups excluding carboxylic acids is 1. The fraction of sp³-hybridized carbons (Fsp3) is 0.500. The number of hydrogen-bond donors (Lipinski definition) is 0. The Labute approximate surface area is 108 Å². The van der Waals surface area contributed by atoms with E-state index in [2.05, 4.69) is 0 Å². The summed E-state index contributed by atoms with van der Waals surface area (Å²) in [5, 5.41) is 0. The lowest BCUT2D eigenvalue weighted by molar-refractivity contribution is -0.0462. The van der Waals surface area contributed by atoms with Crippen LogP contribution in [0.4, 0.5) is 4.79 Å². The predicted molar refractivity (Wildman–Crippen MR) is 70.4 cm³/mol. The van der Waals surface area contributed by atoms with Gasteiger partial charge in [-0.3, -0.25) is 0 Å². The van der Waals surface area contributed by atoms with E-state index in [-0.39, 0.29) is 18.2 Å². The Bertz CT molecular complexity index is 406. The van der Waals surface area contributed by atoms with Gasteiger partial charge in [0.05, 0.1) is 19.2 Å². The van der Waals surface area contributed by atoms with Crippen molar-refractivity contribution in [3.8, 4) is 0 Å². The molecule has 0 bridgehead atoms. The molecule has 0 aliphatic carbocycles. The molecule has 2 atom stereocenters. The largest absolute Gasteiger partial charge is 0.370 e. The number of ether oxygens (including phenoxy) is 1. The number of morpholine rings is 1. The minimum atomic E-state index is -0.0219. The van der Waals surface area contributed by atoms with E-state index in [1.165, 1.54) is 0 Å². The third-order valence-corrected chi connectivity index (χ3v) is 3.23. The molecule has 0 spiro atoms. The highest BCUT2D eigenvalue weighted by Gasteiger charge is 2.31. The zero-order chi connectivity index (χ0) is 13.1. The van der Waals surface area contributed by atoms with Crippen LogP contribution in [0.2, 0.25) is 0 Å². The van der Waals surface area contributed by atoms with Crippen LogP contribution in [0.3, 0.4) is 0 Å². The van der Waals surface area contributed by atoms with E-state index in [4.69, 9.17) is 4.74 Å². The molecular weight excluding hydrogens is 228 g/mol. The molecule has 1 aromatic carbocycles. The highest BCUT2D eigenvalue weighted by atomic mass is 16.5. The summed E-state index contributed by atoms with van der Waals surface area (Å²) in [6.07, 6.45) is -0.0219. The summed E-state index contributed by atoms with van der Waals surface area (Å²) in [6, 6.07) is 10.2. The summed E-state index contributed by atoms with van der Waals surface area (Å²) in [6.45, 7) is 3.21. The zero-order valence-electron chi connectivity index (χ0n) is 11.2. The molecule has 1 heterocycles. The van der Waals surface area contributed by atoms with Gasteiger partial charge < -0.3 is 14.5 Å². The zero-order valence-corrected chi connectivity index (χ0v) is 11.2. The van der Waals surface area contributed by atoms with Crippen molar-refractivity contribution in [1.29, 1.82) is 0 Å². The van der Waals surface area contributed by atoms with Gasteiger partial charge in [-0.05, 0) is 12.5 Å². The SMILES string of the molecule is CC1COC(c2ccccc2)CN1C(=O)N(C)C. The number of urea groups is 1. The van der Waals surface area contributed by atoms with Gasteiger partial charge in [-0.15, -0.1) is 0 Å². The van der Waals surface area contributed by atoms with E-state index in [0.29, 0.717) is 13.2 Å². The van der Waals surface area contributed by atoms with Crippen LogP contribution < -0.4 is 0 Å². The number of carbonyl (C=O) groups is 1. The van der Waals surface area contributed by atoms with E-state index in [1.54, 1.807) is 19.0 Å². The Hall–Kier alpha value is -1.55.